The number of imidazole rings is 2. The Balaban J connectivity index is 0.00000104. The number of aromatic nitrogens is 4. The lowest BCUT2D eigenvalue weighted by Crippen LogP contribution is -2.58. The number of ether oxygens (including phenoxy) is 3. The first-order chi connectivity index (χ1) is 29.0. The zero-order chi connectivity index (χ0) is 43.4. The molecule has 2 aromatic carbocycles. The van der Waals surface area contributed by atoms with Crippen LogP contribution in [0.15, 0.2) is 48.7 Å². The lowest BCUT2D eigenvalue weighted by molar-refractivity contribution is -0.139. The molecule has 16 heteroatoms. The highest BCUT2D eigenvalue weighted by molar-refractivity contribution is 5.86. The highest BCUT2D eigenvalue weighted by atomic mass is 16.5. The highest BCUT2D eigenvalue weighted by Crippen LogP contribution is 2.28. The van der Waals surface area contributed by atoms with Crippen molar-refractivity contribution in [3.63, 3.8) is 0 Å². The number of H-pyrrole nitrogens is 2. The van der Waals surface area contributed by atoms with Gasteiger partial charge in [0.25, 0.3) is 0 Å². The van der Waals surface area contributed by atoms with E-state index in [4.69, 9.17) is 14.2 Å². The van der Waals surface area contributed by atoms with Crippen molar-refractivity contribution >= 4 is 35.0 Å². The summed E-state index contributed by atoms with van der Waals surface area (Å²) in [6.07, 6.45) is 6.86. The Morgan fingerprint density at radius 1 is 0.933 bits per heavy atom. The molecule has 0 aliphatic carbocycles. The van der Waals surface area contributed by atoms with Gasteiger partial charge >= 0.3 is 12.2 Å². The van der Waals surface area contributed by atoms with E-state index in [9.17, 15) is 19.2 Å². The van der Waals surface area contributed by atoms with Crippen LogP contribution in [-0.4, -0.2) is 127 Å². The Labute approximate surface area is 352 Å². The molecule has 5 N–H and O–H groups in total. The Morgan fingerprint density at radius 2 is 1.68 bits per heavy atom. The molecule has 0 spiro atoms. The number of methoxy groups -OCH3 is 3. The van der Waals surface area contributed by atoms with Gasteiger partial charge in [0.05, 0.1) is 50.2 Å². The normalized spacial score (nSPS) is 14.1. The first-order valence-corrected chi connectivity index (χ1v) is 20.6. The summed E-state index contributed by atoms with van der Waals surface area (Å²) >= 11 is 0. The van der Waals surface area contributed by atoms with Crippen LogP contribution in [0.2, 0.25) is 0 Å². The van der Waals surface area contributed by atoms with Crippen molar-refractivity contribution in [2.24, 2.45) is 5.92 Å². The number of rotatable bonds is 16. The number of aryl methyl sites for hydroxylation is 1. The van der Waals surface area contributed by atoms with Crippen LogP contribution in [0.3, 0.4) is 0 Å². The lowest BCUT2D eigenvalue weighted by Gasteiger charge is -2.41. The third-order valence-corrected chi connectivity index (χ3v) is 9.93. The van der Waals surface area contributed by atoms with E-state index < -0.39 is 24.3 Å². The van der Waals surface area contributed by atoms with E-state index in [2.05, 4.69) is 54.7 Å². The van der Waals surface area contributed by atoms with Crippen LogP contribution in [-0.2, 0) is 30.2 Å². The molecule has 4 aromatic rings. The van der Waals surface area contributed by atoms with E-state index in [-0.39, 0.29) is 37.4 Å². The Bertz CT molecular complexity index is 2050. The number of alkyl carbamates (subject to hydrolysis) is 1. The van der Waals surface area contributed by atoms with Gasteiger partial charge in [-0.1, -0.05) is 57.6 Å². The minimum atomic E-state index is -0.831. The summed E-state index contributed by atoms with van der Waals surface area (Å²) in [5.41, 5.74) is 5.09. The molecule has 3 heterocycles. The molecule has 1 fully saturated rings. The molecule has 1 aliphatic rings. The predicted octanol–water partition coefficient (Wildman–Crippen LogP) is 5.17. The maximum Gasteiger partial charge on any atom is 0.409 e. The number of likely N-dealkylation sites (N-methyl/N-ethyl adjacent to an activating group) is 1. The van der Waals surface area contributed by atoms with Crippen LogP contribution in [0, 0.1) is 17.8 Å². The molecule has 0 radical (unpaired) electrons. The topological polar surface area (TPSA) is 196 Å². The van der Waals surface area contributed by atoms with Crippen LogP contribution >= 0.6 is 0 Å². The maximum atomic E-state index is 13.8. The van der Waals surface area contributed by atoms with Crippen molar-refractivity contribution < 1.29 is 33.4 Å². The van der Waals surface area contributed by atoms with E-state index in [1.54, 1.807) is 25.3 Å². The quantitative estimate of drug-likeness (QED) is 0.0743. The monoisotopic (exact) mass is 827 g/mol. The average molecular weight is 828 g/mol. The van der Waals surface area contributed by atoms with E-state index >= 15 is 0 Å². The summed E-state index contributed by atoms with van der Waals surface area (Å²) in [5.74, 6) is 7.35. The summed E-state index contributed by atoms with van der Waals surface area (Å²) in [4.78, 5) is 69.1. The van der Waals surface area contributed by atoms with E-state index in [0.717, 1.165) is 65.1 Å². The lowest BCUT2D eigenvalue weighted by atomic mass is 10.0. The average Bonchev–Trinajstić information content (AvgIpc) is 3.92. The van der Waals surface area contributed by atoms with Gasteiger partial charge in [-0.3, -0.25) is 9.59 Å². The number of carbonyl (C=O) groups excluding carboxylic acids is 4. The number of hydrogen-bond acceptors (Lipinski definition) is 10. The minimum Gasteiger partial charge on any atom is -0.453 e. The molecule has 0 saturated carbocycles. The van der Waals surface area contributed by atoms with E-state index in [0.29, 0.717) is 18.9 Å². The van der Waals surface area contributed by atoms with Crippen molar-refractivity contribution in [3.8, 4) is 23.1 Å². The van der Waals surface area contributed by atoms with Gasteiger partial charge in [-0.05, 0) is 68.1 Å². The molecule has 2 atom stereocenters. The summed E-state index contributed by atoms with van der Waals surface area (Å²) in [7, 11) is 6.06. The number of nitrogens with one attached hydrogen (secondary N) is 5. The van der Waals surface area contributed by atoms with Crippen molar-refractivity contribution in [1.29, 1.82) is 0 Å². The second-order valence-corrected chi connectivity index (χ2v) is 14.8. The van der Waals surface area contributed by atoms with Gasteiger partial charge in [0, 0.05) is 50.9 Å². The molecule has 4 amide bonds. The molecule has 2 unspecified atom stereocenters. The fraction of sp³-hybridized carbons (Fsp3) is 0.500. The smallest absolute Gasteiger partial charge is 0.409 e. The SMILES string of the molecule is CCCCCOC.CNCC(=O)NCCCCc1nc2ccc(C#Cc3ccc(-c4cnc(C5CN(C(=O)OC)CCN5C(=O)C(NC(=O)OC)C(C)C)[nH]4)cc3)cc2[nH]1. The van der Waals surface area contributed by atoms with Gasteiger partial charge in [0.15, 0.2) is 0 Å². The van der Waals surface area contributed by atoms with Crippen LogP contribution in [0.5, 0.6) is 0 Å². The molecule has 324 valence electrons. The van der Waals surface area contributed by atoms with Crippen LogP contribution in [0.1, 0.15) is 81.7 Å². The number of aromatic amines is 2. The largest absolute Gasteiger partial charge is 0.453 e. The molecule has 2 aromatic heterocycles. The summed E-state index contributed by atoms with van der Waals surface area (Å²) in [6, 6.07) is 12.2. The molecule has 60 heavy (non-hydrogen) atoms. The Morgan fingerprint density at radius 3 is 2.37 bits per heavy atom. The first-order valence-electron chi connectivity index (χ1n) is 20.6. The summed E-state index contributed by atoms with van der Waals surface area (Å²) in [5, 5.41) is 8.37. The fourth-order valence-corrected chi connectivity index (χ4v) is 6.61. The molecule has 16 nitrogen and oxygen atoms in total. The van der Waals surface area contributed by atoms with Gasteiger partial charge in [-0.25, -0.2) is 19.6 Å². The zero-order valence-electron chi connectivity index (χ0n) is 36.0. The molecule has 5 rings (SSSR count). The molecule has 1 aliphatic heterocycles. The summed E-state index contributed by atoms with van der Waals surface area (Å²) < 4.78 is 14.6. The van der Waals surface area contributed by atoms with Gasteiger partial charge < -0.3 is 49.9 Å². The van der Waals surface area contributed by atoms with Crippen molar-refractivity contribution in [1.82, 2.24) is 45.7 Å². The molecule has 0 bridgehead atoms. The standard InChI is InChI=1S/C38H47N9O6.C6H14O/c1-24(2)34(45-37(50)52-4)36(49)47-19-18-46(38(51)53-5)23-31(47)35-41-21-30(44-35)27-14-11-25(12-15-27)9-10-26-13-16-28-29(20-26)43-32(42-28)8-6-7-17-40-33(48)22-39-3;1-3-4-5-6-7-2/h11-16,20-21,24,31,34,39H,6-8,17-19,22-23H2,1-5H3,(H,40,48)(H,41,44)(H,42,43)(H,45,50);3-6H2,1-2H3. The number of fused-ring (bicyclic) bond motifs is 1. The van der Waals surface area contributed by atoms with Gasteiger partial charge in [0.2, 0.25) is 11.8 Å². The first kappa shape index (κ1) is 46.8. The number of carbonyl (C=O) groups is 4. The Hall–Kier alpha value is -5.92. The highest BCUT2D eigenvalue weighted by Gasteiger charge is 2.39. The van der Waals surface area contributed by atoms with Gasteiger partial charge in [0.1, 0.15) is 23.7 Å². The van der Waals surface area contributed by atoms with Crippen LogP contribution in [0.4, 0.5) is 9.59 Å². The van der Waals surface area contributed by atoms with Crippen LogP contribution in [0.25, 0.3) is 22.3 Å². The molecular formula is C44H61N9O7. The Kier molecular flexibility index (Phi) is 18.9. The van der Waals surface area contributed by atoms with E-state index in [1.807, 2.05) is 56.3 Å². The third-order valence-electron chi connectivity index (χ3n) is 9.93. The summed E-state index contributed by atoms with van der Waals surface area (Å²) in [6.45, 7) is 8.41. The molecule has 1 saturated heterocycles. The van der Waals surface area contributed by atoms with Gasteiger partial charge in [-0.15, -0.1) is 0 Å². The third kappa shape index (κ3) is 13.8. The van der Waals surface area contributed by atoms with Crippen LogP contribution < -0.4 is 16.0 Å². The fourth-order valence-electron chi connectivity index (χ4n) is 6.61. The second kappa shape index (κ2) is 24.2. The number of benzene rings is 2. The van der Waals surface area contributed by atoms with Gasteiger partial charge in [-0.2, -0.15) is 0 Å². The number of nitrogens with zero attached hydrogens (tertiary/aromatic N) is 4. The number of hydrogen-bond donors (Lipinski definition) is 5. The number of amides is 4. The van der Waals surface area contributed by atoms with Crippen molar-refractivity contribution in [2.75, 3.05) is 67.7 Å². The second-order valence-electron chi connectivity index (χ2n) is 14.8. The number of piperazine rings is 1. The minimum absolute atomic E-state index is 0.00495. The van der Waals surface area contributed by atoms with Crippen molar-refractivity contribution in [3.05, 3.63) is 71.4 Å². The zero-order valence-corrected chi connectivity index (χ0v) is 36.0. The van der Waals surface area contributed by atoms with Crippen molar-refractivity contribution in [2.45, 2.75) is 71.4 Å². The number of unbranched alkanes of at least 4 members (excludes halogenated alkanes) is 3. The van der Waals surface area contributed by atoms with E-state index in [1.165, 1.54) is 38.4 Å². The molecular weight excluding hydrogens is 767 g/mol. The predicted molar refractivity (Wildman–Crippen MR) is 230 cm³/mol. The maximum absolute atomic E-state index is 13.8.